The molecule has 0 bridgehead atoms. The Morgan fingerprint density at radius 2 is 1.74 bits per heavy atom. The minimum atomic E-state index is -0.455. The smallest absolute Gasteiger partial charge is 0.265 e. The molecule has 0 unspecified atom stereocenters. The predicted molar refractivity (Wildman–Crippen MR) is 106 cm³/mol. The molecule has 27 heavy (non-hydrogen) atoms. The molecule has 0 atom stereocenters. The fraction of sp³-hybridized carbons (Fsp3) is 0.136. The second-order valence-electron chi connectivity index (χ2n) is 6.16. The molecule has 0 saturated carbocycles. The van der Waals surface area contributed by atoms with Crippen LogP contribution in [0.2, 0.25) is 5.02 Å². The molecule has 1 amide bonds. The molecule has 0 aliphatic rings. The third-order valence-corrected chi connectivity index (χ3v) is 4.37. The van der Waals surface area contributed by atoms with Crippen molar-refractivity contribution in [1.29, 1.82) is 0 Å². The van der Waals surface area contributed by atoms with Gasteiger partial charge in [0.25, 0.3) is 5.91 Å². The number of nitrogens with zero attached hydrogens (tertiary/aromatic N) is 1. The third kappa shape index (κ3) is 5.08. The summed E-state index contributed by atoms with van der Waals surface area (Å²) in [6.45, 7) is 2.21. The summed E-state index contributed by atoms with van der Waals surface area (Å²) in [5, 5.41) is 0.132. The zero-order valence-corrected chi connectivity index (χ0v) is 15.6. The highest BCUT2D eigenvalue weighted by Gasteiger charge is 2.17. The summed E-state index contributed by atoms with van der Waals surface area (Å²) in [5.41, 5.74) is 2.90. The lowest BCUT2D eigenvalue weighted by molar-refractivity contribution is -0.120. The lowest BCUT2D eigenvalue weighted by atomic mass is 10.1. The standard InChI is InChI=1S/C22H19ClFNO2/c1-16-7-10-19(11-8-16)25(14-17-5-3-2-4-6-17)22(26)15-27-21-12-9-18(24)13-20(21)23/h2-13H,14-15H2,1H3. The van der Waals surface area contributed by atoms with Gasteiger partial charge in [-0.3, -0.25) is 4.79 Å². The Morgan fingerprint density at radius 3 is 2.41 bits per heavy atom. The molecular weight excluding hydrogens is 365 g/mol. The first-order chi connectivity index (χ1) is 13.0. The normalized spacial score (nSPS) is 10.5. The zero-order chi connectivity index (χ0) is 19.2. The average molecular weight is 384 g/mol. The van der Waals surface area contributed by atoms with Gasteiger partial charge in [0.1, 0.15) is 11.6 Å². The lowest BCUT2D eigenvalue weighted by Crippen LogP contribution is -2.34. The van der Waals surface area contributed by atoms with Gasteiger partial charge in [0.05, 0.1) is 11.6 Å². The first-order valence-corrected chi connectivity index (χ1v) is 8.89. The third-order valence-electron chi connectivity index (χ3n) is 4.08. The molecular formula is C22H19ClFNO2. The van der Waals surface area contributed by atoms with Gasteiger partial charge in [-0.05, 0) is 42.8 Å². The average Bonchev–Trinajstić information content (AvgIpc) is 2.67. The van der Waals surface area contributed by atoms with Crippen molar-refractivity contribution in [3.63, 3.8) is 0 Å². The molecule has 0 heterocycles. The number of ether oxygens (including phenoxy) is 1. The Kier molecular flexibility index (Phi) is 6.09. The van der Waals surface area contributed by atoms with E-state index in [2.05, 4.69) is 0 Å². The number of hydrogen-bond acceptors (Lipinski definition) is 2. The van der Waals surface area contributed by atoms with Crippen LogP contribution >= 0.6 is 11.6 Å². The summed E-state index contributed by atoms with van der Waals surface area (Å²) in [6.07, 6.45) is 0. The molecule has 138 valence electrons. The molecule has 0 spiro atoms. The van der Waals surface area contributed by atoms with Crippen molar-refractivity contribution in [2.24, 2.45) is 0 Å². The van der Waals surface area contributed by atoms with Crippen molar-refractivity contribution in [3.8, 4) is 5.75 Å². The Labute approximate surface area is 163 Å². The topological polar surface area (TPSA) is 29.5 Å². The maximum Gasteiger partial charge on any atom is 0.265 e. The van der Waals surface area contributed by atoms with E-state index in [1.165, 1.54) is 12.1 Å². The SMILES string of the molecule is Cc1ccc(N(Cc2ccccc2)C(=O)COc2ccc(F)cc2Cl)cc1. The Bertz CT molecular complexity index is 913. The van der Waals surface area contributed by atoms with E-state index in [0.717, 1.165) is 22.9 Å². The molecule has 3 aromatic carbocycles. The fourth-order valence-corrected chi connectivity index (χ4v) is 2.85. The van der Waals surface area contributed by atoms with Crippen molar-refractivity contribution >= 4 is 23.2 Å². The van der Waals surface area contributed by atoms with Crippen LogP contribution in [-0.4, -0.2) is 12.5 Å². The van der Waals surface area contributed by atoms with Gasteiger partial charge in [0.15, 0.2) is 6.61 Å². The van der Waals surface area contributed by atoms with Crippen LogP contribution in [0.3, 0.4) is 0 Å². The van der Waals surface area contributed by atoms with E-state index in [9.17, 15) is 9.18 Å². The van der Waals surface area contributed by atoms with Gasteiger partial charge < -0.3 is 9.64 Å². The first-order valence-electron chi connectivity index (χ1n) is 8.52. The molecule has 5 heteroatoms. The van der Waals surface area contributed by atoms with Gasteiger partial charge in [-0.1, -0.05) is 59.6 Å². The molecule has 0 saturated heterocycles. The van der Waals surface area contributed by atoms with E-state index in [1.54, 1.807) is 4.90 Å². The van der Waals surface area contributed by atoms with Gasteiger partial charge in [-0.25, -0.2) is 4.39 Å². The number of halogens is 2. The van der Waals surface area contributed by atoms with Crippen LogP contribution < -0.4 is 9.64 Å². The summed E-state index contributed by atoms with van der Waals surface area (Å²) in [4.78, 5) is 14.5. The number of amides is 1. The molecule has 0 aliphatic heterocycles. The van der Waals surface area contributed by atoms with Crippen molar-refractivity contribution in [2.45, 2.75) is 13.5 Å². The number of aryl methyl sites for hydroxylation is 1. The molecule has 0 N–H and O–H groups in total. The fourth-order valence-electron chi connectivity index (χ4n) is 2.62. The van der Waals surface area contributed by atoms with Gasteiger partial charge in [-0.15, -0.1) is 0 Å². The Balaban J connectivity index is 1.78. The van der Waals surface area contributed by atoms with Crippen LogP contribution in [0.4, 0.5) is 10.1 Å². The molecule has 0 radical (unpaired) electrons. The van der Waals surface area contributed by atoms with Crippen LogP contribution in [0, 0.1) is 12.7 Å². The molecule has 3 aromatic rings. The molecule has 3 nitrogen and oxygen atoms in total. The number of rotatable bonds is 6. The summed E-state index contributed by atoms with van der Waals surface area (Å²) in [7, 11) is 0. The van der Waals surface area contributed by atoms with E-state index in [0.29, 0.717) is 6.54 Å². The number of carbonyl (C=O) groups is 1. The Morgan fingerprint density at radius 1 is 1.04 bits per heavy atom. The number of hydrogen-bond donors (Lipinski definition) is 0. The van der Waals surface area contributed by atoms with E-state index in [4.69, 9.17) is 16.3 Å². The number of benzene rings is 3. The van der Waals surface area contributed by atoms with Crippen molar-refractivity contribution in [1.82, 2.24) is 0 Å². The van der Waals surface area contributed by atoms with Crippen LogP contribution in [0.1, 0.15) is 11.1 Å². The summed E-state index contributed by atoms with van der Waals surface area (Å²) < 4.78 is 18.7. The zero-order valence-electron chi connectivity index (χ0n) is 14.9. The maximum atomic E-state index is 13.2. The summed E-state index contributed by atoms with van der Waals surface area (Å²) >= 11 is 5.97. The summed E-state index contributed by atoms with van der Waals surface area (Å²) in [6, 6.07) is 21.3. The van der Waals surface area contributed by atoms with Gasteiger partial charge in [0, 0.05) is 5.69 Å². The quantitative estimate of drug-likeness (QED) is 0.570. The monoisotopic (exact) mass is 383 g/mol. The predicted octanol–water partition coefficient (Wildman–Crippen LogP) is 5.40. The largest absolute Gasteiger partial charge is 0.482 e. The minimum absolute atomic E-state index is 0.132. The number of carbonyl (C=O) groups excluding carboxylic acids is 1. The van der Waals surface area contributed by atoms with Crippen LogP contribution in [-0.2, 0) is 11.3 Å². The second kappa shape index (κ2) is 8.69. The van der Waals surface area contributed by atoms with Gasteiger partial charge >= 0.3 is 0 Å². The minimum Gasteiger partial charge on any atom is -0.482 e. The molecule has 0 fully saturated rings. The van der Waals surface area contributed by atoms with Crippen LogP contribution in [0.5, 0.6) is 5.75 Å². The molecule has 0 aliphatic carbocycles. The molecule has 0 aromatic heterocycles. The van der Waals surface area contributed by atoms with Crippen molar-refractivity contribution < 1.29 is 13.9 Å². The van der Waals surface area contributed by atoms with Crippen LogP contribution in [0.15, 0.2) is 72.8 Å². The number of anilines is 1. The van der Waals surface area contributed by atoms with E-state index in [-0.39, 0.29) is 23.3 Å². The molecule has 3 rings (SSSR count). The lowest BCUT2D eigenvalue weighted by Gasteiger charge is -2.23. The second-order valence-corrected chi connectivity index (χ2v) is 6.57. The van der Waals surface area contributed by atoms with E-state index >= 15 is 0 Å². The highest BCUT2D eigenvalue weighted by molar-refractivity contribution is 6.32. The van der Waals surface area contributed by atoms with E-state index < -0.39 is 5.82 Å². The van der Waals surface area contributed by atoms with Crippen molar-refractivity contribution in [3.05, 3.63) is 94.8 Å². The highest BCUT2D eigenvalue weighted by atomic mass is 35.5. The van der Waals surface area contributed by atoms with Crippen LogP contribution in [0.25, 0.3) is 0 Å². The van der Waals surface area contributed by atoms with Gasteiger partial charge in [-0.2, -0.15) is 0 Å². The summed E-state index contributed by atoms with van der Waals surface area (Å²) in [5.74, 6) is -0.401. The van der Waals surface area contributed by atoms with Gasteiger partial charge in [0.2, 0.25) is 0 Å². The van der Waals surface area contributed by atoms with E-state index in [1.807, 2.05) is 61.5 Å². The first kappa shape index (κ1) is 18.9. The maximum absolute atomic E-state index is 13.2. The Hall–Kier alpha value is -2.85. The highest BCUT2D eigenvalue weighted by Crippen LogP contribution is 2.25. The van der Waals surface area contributed by atoms with Crippen molar-refractivity contribution in [2.75, 3.05) is 11.5 Å².